The van der Waals surface area contributed by atoms with Crippen LogP contribution in [-0.4, -0.2) is 26.4 Å². The first-order valence-electron chi connectivity index (χ1n) is 8.77. The van der Waals surface area contributed by atoms with Gasteiger partial charge in [0.1, 0.15) is 5.75 Å². The Morgan fingerprint density at radius 2 is 1.86 bits per heavy atom. The molecule has 1 unspecified atom stereocenters. The Hall–Kier alpha value is -2.74. The first-order chi connectivity index (χ1) is 13.3. The van der Waals surface area contributed by atoms with Crippen molar-refractivity contribution >= 4 is 6.09 Å². The zero-order valence-electron chi connectivity index (χ0n) is 15.7. The number of halogens is 3. The van der Waals surface area contributed by atoms with Crippen LogP contribution in [-0.2, 0) is 17.5 Å². The van der Waals surface area contributed by atoms with Crippen LogP contribution in [0.4, 0.5) is 18.0 Å². The van der Waals surface area contributed by atoms with Crippen molar-refractivity contribution < 1.29 is 27.4 Å². The highest BCUT2D eigenvalue weighted by Crippen LogP contribution is 2.30. The molecule has 28 heavy (non-hydrogen) atoms. The van der Waals surface area contributed by atoms with E-state index in [0.29, 0.717) is 12.1 Å². The van der Waals surface area contributed by atoms with E-state index in [2.05, 4.69) is 10.6 Å². The number of nitrogens with one attached hydrogen (secondary N) is 2. The molecule has 0 saturated heterocycles. The number of hydrogen-bond donors (Lipinski definition) is 2. The Labute approximate surface area is 161 Å². The average Bonchev–Trinajstić information content (AvgIpc) is 2.67. The summed E-state index contributed by atoms with van der Waals surface area (Å²) in [5.41, 5.74) is 0.542. The van der Waals surface area contributed by atoms with Crippen molar-refractivity contribution in [3.63, 3.8) is 0 Å². The zero-order chi connectivity index (χ0) is 20.6. The van der Waals surface area contributed by atoms with E-state index < -0.39 is 23.9 Å². The van der Waals surface area contributed by atoms with Crippen molar-refractivity contribution in [2.75, 3.05) is 20.3 Å². The second-order valence-electron chi connectivity index (χ2n) is 6.02. The number of carbonyl (C=O) groups is 1. The monoisotopic (exact) mass is 396 g/mol. The molecule has 0 radical (unpaired) electrons. The first kappa shape index (κ1) is 21.6. The molecule has 0 heterocycles. The topological polar surface area (TPSA) is 59.6 Å². The van der Waals surface area contributed by atoms with Gasteiger partial charge in [0.25, 0.3) is 0 Å². The molecule has 8 heteroatoms. The minimum atomic E-state index is -4.46. The molecule has 0 aromatic heterocycles. The normalized spacial score (nSPS) is 12.3. The summed E-state index contributed by atoms with van der Waals surface area (Å²) in [5, 5.41) is 5.76. The van der Waals surface area contributed by atoms with Gasteiger partial charge in [-0.3, -0.25) is 0 Å². The van der Waals surface area contributed by atoms with Crippen molar-refractivity contribution in [2.24, 2.45) is 0 Å². The minimum Gasteiger partial charge on any atom is -0.497 e. The van der Waals surface area contributed by atoms with Gasteiger partial charge in [-0.15, -0.1) is 0 Å². The summed E-state index contributed by atoms with van der Waals surface area (Å²) in [6, 6.07) is 11.6. The van der Waals surface area contributed by atoms with Gasteiger partial charge in [0, 0.05) is 13.1 Å². The van der Waals surface area contributed by atoms with Crippen molar-refractivity contribution in [3.05, 3.63) is 65.2 Å². The number of benzene rings is 2. The van der Waals surface area contributed by atoms with E-state index in [1.165, 1.54) is 6.07 Å². The minimum absolute atomic E-state index is 0.167. The van der Waals surface area contributed by atoms with Crippen LogP contribution in [0.5, 0.6) is 5.75 Å². The van der Waals surface area contributed by atoms with E-state index in [9.17, 15) is 18.0 Å². The molecule has 0 aliphatic heterocycles. The largest absolute Gasteiger partial charge is 0.497 e. The highest BCUT2D eigenvalue weighted by atomic mass is 19.4. The molecular formula is C20H23F3N2O3. The van der Waals surface area contributed by atoms with E-state index in [1.807, 2.05) is 24.3 Å². The number of amides is 1. The van der Waals surface area contributed by atoms with E-state index in [4.69, 9.17) is 9.47 Å². The summed E-state index contributed by atoms with van der Waals surface area (Å²) in [7, 11) is 1.58. The first-order valence-corrected chi connectivity index (χ1v) is 8.77. The molecule has 0 aliphatic rings. The lowest BCUT2D eigenvalue weighted by Crippen LogP contribution is -2.36. The number of rotatable bonds is 8. The summed E-state index contributed by atoms with van der Waals surface area (Å²) < 4.78 is 49.0. The Balaban J connectivity index is 2.09. The molecule has 1 atom stereocenters. The second-order valence-corrected chi connectivity index (χ2v) is 6.02. The number of carbonyl (C=O) groups excluding carboxylic acids is 1. The molecule has 152 valence electrons. The zero-order valence-corrected chi connectivity index (χ0v) is 15.7. The summed E-state index contributed by atoms with van der Waals surface area (Å²) in [6.45, 7) is 2.53. The molecule has 1 amide bonds. The third kappa shape index (κ3) is 6.45. The molecule has 5 nitrogen and oxygen atoms in total. The van der Waals surface area contributed by atoms with Gasteiger partial charge >= 0.3 is 12.3 Å². The predicted octanol–water partition coefficient (Wildman–Crippen LogP) is 4.29. The molecule has 0 saturated carbocycles. The fourth-order valence-electron chi connectivity index (χ4n) is 2.60. The van der Waals surface area contributed by atoms with E-state index in [1.54, 1.807) is 20.1 Å². The molecule has 0 fully saturated rings. The number of alkyl carbamates (subject to hydrolysis) is 1. The quantitative estimate of drug-likeness (QED) is 0.699. The number of methoxy groups -OCH3 is 1. The van der Waals surface area contributed by atoms with Crippen LogP contribution in [0.1, 0.15) is 29.7 Å². The fourth-order valence-corrected chi connectivity index (χ4v) is 2.60. The molecule has 2 N–H and O–H groups in total. The maximum Gasteiger partial charge on any atom is 0.416 e. The Morgan fingerprint density at radius 3 is 2.46 bits per heavy atom. The smallest absolute Gasteiger partial charge is 0.416 e. The molecule has 2 rings (SSSR count). The third-order valence-electron chi connectivity index (χ3n) is 4.02. The average molecular weight is 396 g/mol. The van der Waals surface area contributed by atoms with Gasteiger partial charge in [-0.25, -0.2) is 4.79 Å². The van der Waals surface area contributed by atoms with E-state index >= 15 is 0 Å². The highest BCUT2D eigenvalue weighted by Gasteiger charge is 2.31. The Bertz CT molecular complexity index is 764. The molecule has 2 aromatic carbocycles. The molecule has 0 bridgehead atoms. The lowest BCUT2D eigenvalue weighted by Gasteiger charge is -2.21. The summed E-state index contributed by atoms with van der Waals surface area (Å²) >= 11 is 0. The summed E-state index contributed by atoms with van der Waals surface area (Å²) in [4.78, 5) is 11.8. The number of alkyl halides is 3. The molecule has 0 spiro atoms. The van der Waals surface area contributed by atoms with Crippen LogP contribution in [0.15, 0.2) is 48.5 Å². The van der Waals surface area contributed by atoms with Gasteiger partial charge in [-0.05, 0) is 42.3 Å². The molecular weight excluding hydrogens is 373 g/mol. The van der Waals surface area contributed by atoms with Gasteiger partial charge in [-0.2, -0.15) is 13.2 Å². The maximum atomic E-state index is 13.0. The lowest BCUT2D eigenvalue weighted by atomic mass is 10.0. The van der Waals surface area contributed by atoms with Gasteiger partial charge in [-0.1, -0.05) is 24.3 Å². The van der Waals surface area contributed by atoms with Crippen LogP contribution in [0, 0.1) is 0 Å². The summed E-state index contributed by atoms with van der Waals surface area (Å²) in [5.74, 6) is 0.731. The summed E-state index contributed by atoms with van der Waals surface area (Å²) in [6.07, 6.45) is -5.14. The molecule has 0 aliphatic carbocycles. The van der Waals surface area contributed by atoms with Gasteiger partial charge in [0.05, 0.1) is 25.3 Å². The predicted molar refractivity (Wildman–Crippen MR) is 99.0 cm³/mol. The standard InChI is InChI=1S/C20H23F3N2O3/c1-3-28-19(26)25-18(15-5-4-6-16(11-15)20(21,22)23)13-24-12-14-7-9-17(27-2)10-8-14/h4-11,18,24H,3,12-13H2,1-2H3,(H,25,26). The number of ether oxygens (including phenoxy) is 2. The Morgan fingerprint density at radius 1 is 1.14 bits per heavy atom. The molecule has 2 aromatic rings. The van der Waals surface area contributed by atoms with Crippen molar-refractivity contribution in [1.29, 1.82) is 0 Å². The van der Waals surface area contributed by atoms with Crippen LogP contribution < -0.4 is 15.4 Å². The highest BCUT2D eigenvalue weighted by molar-refractivity contribution is 5.68. The lowest BCUT2D eigenvalue weighted by molar-refractivity contribution is -0.137. The fraction of sp³-hybridized carbons (Fsp3) is 0.350. The van der Waals surface area contributed by atoms with E-state index in [0.717, 1.165) is 23.4 Å². The third-order valence-corrected chi connectivity index (χ3v) is 4.02. The van der Waals surface area contributed by atoms with E-state index in [-0.39, 0.29) is 13.2 Å². The number of hydrogen-bond acceptors (Lipinski definition) is 4. The van der Waals surface area contributed by atoms with Gasteiger partial charge in [0.15, 0.2) is 0 Å². The van der Waals surface area contributed by atoms with Crippen LogP contribution in [0.3, 0.4) is 0 Å². The van der Waals surface area contributed by atoms with Crippen LogP contribution >= 0.6 is 0 Å². The van der Waals surface area contributed by atoms with Crippen molar-refractivity contribution in [2.45, 2.75) is 25.7 Å². The van der Waals surface area contributed by atoms with Gasteiger partial charge < -0.3 is 20.1 Å². The van der Waals surface area contributed by atoms with Crippen molar-refractivity contribution in [3.8, 4) is 5.75 Å². The van der Waals surface area contributed by atoms with Crippen molar-refractivity contribution in [1.82, 2.24) is 10.6 Å². The SMILES string of the molecule is CCOC(=O)NC(CNCc1ccc(OC)cc1)c1cccc(C(F)(F)F)c1. The van der Waals surface area contributed by atoms with Gasteiger partial charge in [0.2, 0.25) is 0 Å². The van der Waals surface area contributed by atoms with Crippen LogP contribution in [0.2, 0.25) is 0 Å². The Kier molecular flexibility index (Phi) is 7.69. The maximum absolute atomic E-state index is 13.0. The van der Waals surface area contributed by atoms with Crippen LogP contribution in [0.25, 0.3) is 0 Å². The second kappa shape index (κ2) is 9.98.